The molecule has 1 unspecified atom stereocenters. The highest BCUT2D eigenvalue weighted by Crippen LogP contribution is 2.44. The Morgan fingerprint density at radius 2 is 1.52 bits per heavy atom. The van der Waals surface area contributed by atoms with Crippen LogP contribution in [0.3, 0.4) is 0 Å². The Labute approximate surface area is 231 Å². The summed E-state index contributed by atoms with van der Waals surface area (Å²) in [6.07, 6.45) is 0. The number of methoxy groups -OCH3 is 2. The molecule has 3 aromatic carbocycles. The van der Waals surface area contributed by atoms with Crippen LogP contribution < -0.4 is 14.8 Å². The number of nitrogens with two attached hydrogens (primary N) is 1. The van der Waals surface area contributed by atoms with Crippen LogP contribution in [0.1, 0.15) is 17.0 Å². The molecule has 0 fully saturated rings. The van der Waals surface area contributed by atoms with Crippen molar-refractivity contribution in [2.75, 3.05) is 19.1 Å². The smallest absolute Gasteiger partial charge is 0.355 e. The number of nitriles is 1. The predicted molar refractivity (Wildman–Crippen MR) is 145 cm³/mol. The van der Waals surface area contributed by atoms with E-state index in [4.69, 9.17) is 19.4 Å². The number of benzene rings is 3. The summed E-state index contributed by atoms with van der Waals surface area (Å²) >= 11 is 0. The van der Waals surface area contributed by atoms with Crippen LogP contribution >= 0.6 is 0 Å². The van der Waals surface area contributed by atoms with Gasteiger partial charge in [0.05, 0.1) is 43.0 Å². The van der Waals surface area contributed by atoms with Gasteiger partial charge in [-0.15, -0.1) is 0 Å². The van der Waals surface area contributed by atoms with Gasteiger partial charge in [0.1, 0.15) is 22.2 Å². The Hall–Kier alpha value is -5.08. The third-order valence-corrected chi connectivity index (χ3v) is 7.51. The Balaban J connectivity index is 1.99. The van der Waals surface area contributed by atoms with Gasteiger partial charge in [-0.3, -0.25) is 4.90 Å². The summed E-state index contributed by atoms with van der Waals surface area (Å²) in [5.41, 5.74) is 7.07. The lowest BCUT2D eigenvalue weighted by Crippen LogP contribution is -2.41. The highest BCUT2D eigenvalue weighted by atomic mass is 32.2. The summed E-state index contributed by atoms with van der Waals surface area (Å²) in [4.78, 5) is 27.4. The Kier molecular flexibility index (Phi) is 7.93. The van der Waals surface area contributed by atoms with Gasteiger partial charge in [-0.2, -0.15) is 13.7 Å². The first kappa shape index (κ1) is 27.9. The summed E-state index contributed by atoms with van der Waals surface area (Å²) in [6, 6.07) is 22.6. The Bertz CT molecular complexity index is 1680. The number of carbonyl (C=O) groups excluding carboxylic acids is 2. The number of hydrogen-bond acceptors (Lipinski definition) is 10. The van der Waals surface area contributed by atoms with Gasteiger partial charge in [0.2, 0.25) is 0 Å². The lowest BCUT2D eigenvalue weighted by atomic mass is 9.81. The molecule has 1 aliphatic heterocycles. The van der Waals surface area contributed by atoms with Gasteiger partial charge >= 0.3 is 22.1 Å². The molecule has 4 rings (SSSR count). The molecule has 204 valence electrons. The molecular formula is C29H25N3O7S. The molecule has 0 bridgehead atoms. The number of para-hydroxylation sites is 1. The summed E-state index contributed by atoms with van der Waals surface area (Å²) in [7, 11) is -2.06. The molecule has 1 heterocycles. The van der Waals surface area contributed by atoms with Gasteiger partial charge in [-0.05, 0) is 42.3 Å². The summed E-state index contributed by atoms with van der Waals surface area (Å²) in [5.74, 6) is -2.99. The van der Waals surface area contributed by atoms with Gasteiger partial charge in [-0.25, -0.2) is 9.59 Å². The minimum Gasteiger partial charge on any atom is -0.466 e. The molecular weight excluding hydrogens is 534 g/mol. The first-order valence-corrected chi connectivity index (χ1v) is 13.3. The van der Waals surface area contributed by atoms with E-state index >= 15 is 0 Å². The van der Waals surface area contributed by atoms with Gasteiger partial charge in [0.15, 0.2) is 0 Å². The van der Waals surface area contributed by atoms with Crippen molar-refractivity contribution in [3.63, 3.8) is 0 Å². The maximum Gasteiger partial charge on any atom is 0.355 e. The van der Waals surface area contributed by atoms with Crippen molar-refractivity contribution in [1.82, 2.24) is 0 Å². The van der Waals surface area contributed by atoms with Crippen molar-refractivity contribution in [3.05, 3.63) is 113 Å². The second-order valence-electron chi connectivity index (χ2n) is 8.63. The topological polar surface area (TPSA) is 149 Å². The fourth-order valence-corrected chi connectivity index (χ4v) is 5.35. The van der Waals surface area contributed by atoms with Gasteiger partial charge in [-0.1, -0.05) is 54.6 Å². The van der Waals surface area contributed by atoms with E-state index in [1.807, 2.05) is 0 Å². The number of aryl methyl sites for hydroxylation is 1. The maximum absolute atomic E-state index is 13.3. The van der Waals surface area contributed by atoms with E-state index in [9.17, 15) is 23.3 Å². The lowest BCUT2D eigenvalue weighted by Gasteiger charge is -2.36. The average Bonchev–Trinajstić information content (AvgIpc) is 2.96. The zero-order chi connectivity index (χ0) is 29.0. The van der Waals surface area contributed by atoms with Crippen molar-refractivity contribution < 1.29 is 31.7 Å². The van der Waals surface area contributed by atoms with Crippen molar-refractivity contribution in [3.8, 4) is 11.8 Å². The van der Waals surface area contributed by atoms with Crippen LogP contribution in [0.15, 0.2) is 106 Å². The standard InChI is InChI=1S/C29H25N3O7S/c1-18-14-15-21(40(35,36)39-20-12-8-5-9-13-20)16-23(18)32-26(29(34)38-3)25(28(33)37-2)24(22(17-30)27(32)31)19-10-6-4-7-11-19/h4-16,24H,31H2,1-3H3. The van der Waals surface area contributed by atoms with Crippen LogP contribution in [0.5, 0.6) is 5.75 Å². The molecule has 1 atom stereocenters. The molecule has 0 aromatic heterocycles. The highest BCUT2D eigenvalue weighted by molar-refractivity contribution is 7.87. The fourth-order valence-electron chi connectivity index (χ4n) is 4.40. The molecule has 0 amide bonds. The highest BCUT2D eigenvalue weighted by Gasteiger charge is 2.43. The van der Waals surface area contributed by atoms with Gasteiger partial charge in [0.25, 0.3) is 0 Å². The van der Waals surface area contributed by atoms with Crippen molar-refractivity contribution in [2.45, 2.75) is 17.7 Å². The van der Waals surface area contributed by atoms with Gasteiger partial charge < -0.3 is 19.4 Å². The van der Waals surface area contributed by atoms with E-state index in [2.05, 4.69) is 6.07 Å². The third-order valence-electron chi connectivity index (χ3n) is 6.27. The molecule has 11 heteroatoms. The molecule has 10 nitrogen and oxygen atoms in total. The van der Waals surface area contributed by atoms with Crippen molar-refractivity contribution in [2.24, 2.45) is 5.73 Å². The Morgan fingerprint density at radius 3 is 2.10 bits per heavy atom. The number of anilines is 1. The molecule has 0 aliphatic carbocycles. The first-order valence-electron chi connectivity index (χ1n) is 11.9. The van der Waals surface area contributed by atoms with Gasteiger partial charge in [0, 0.05) is 0 Å². The molecule has 3 aromatic rings. The number of nitrogens with zero attached hydrogens (tertiary/aromatic N) is 2. The van der Waals surface area contributed by atoms with Crippen LogP contribution in [0.2, 0.25) is 0 Å². The summed E-state index contributed by atoms with van der Waals surface area (Å²) in [5, 5.41) is 10.2. The lowest BCUT2D eigenvalue weighted by molar-refractivity contribution is -0.139. The minimum atomic E-state index is -4.33. The minimum absolute atomic E-state index is 0.0487. The predicted octanol–water partition coefficient (Wildman–Crippen LogP) is 3.66. The van der Waals surface area contributed by atoms with Crippen molar-refractivity contribution >= 4 is 27.7 Å². The van der Waals surface area contributed by atoms with Crippen LogP contribution in [0, 0.1) is 18.3 Å². The van der Waals surface area contributed by atoms with Crippen LogP contribution in [-0.4, -0.2) is 34.6 Å². The SMILES string of the molecule is COC(=O)C1=C(C(=O)OC)N(c2cc(S(=O)(=O)Oc3ccccc3)ccc2C)C(N)=C(C#N)C1c1ccccc1. The second kappa shape index (κ2) is 11.3. The molecule has 0 saturated carbocycles. The van der Waals surface area contributed by atoms with E-state index in [1.54, 1.807) is 55.5 Å². The normalized spacial score (nSPS) is 15.3. The van der Waals surface area contributed by atoms with Crippen molar-refractivity contribution in [1.29, 1.82) is 5.26 Å². The second-order valence-corrected chi connectivity index (χ2v) is 10.2. The largest absolute Gasteiger partial charge is 0.466 e. The maximum atomic E-state index is 13.3. The fraction of sp³-hybridized carbons (Fsp3) is 0.138. The molecule has 0 spiro atoms. The third kappa shape index (κ3) is 5.12. The van der Waals surface area contributed by atoms with E-state index in [0.717, 1.165) is 19.1 Å². The van der Waals surface area contributed by atoms with Crippen LogP contribution in [0.25, 0.3) is 0 Å². The zero-order valence-corrected chi connectivity index (χ0v) is 22.6. The first-order chi connectivity index (χ1) is 19.1. The zero-order valence-electron chi connectivity index (χ0n) is 21.8. The number of ether oxygens (including phenoxy) is 2. The Morgan fingerprint density at radius 1 is 0.925 bits per heavy atom. The molecule has 2 N–H and O–H groups in total. The van der Waals surface area contributed by atoms with E-state index in [0.29, 0.717) is 11.1 Å². The average molecular weight is 560 g/mol. The number of rotatable bonds is 7. The molecule has 40 heavy (non-hydrogen) atoms. The monoisotopic (exact) mass is 559 g/mol. The van der Waals surface area contributed by atoms with Crippen LogP contribution in [-0.2, 0) is 29.2 Å². The number of hydrogen-bond donors (Lipinski definition) is 1. The summed E-state index contributed by atoms with van der Waals surface area (Å²) < 4.78 is 41.7. The quantitative estimate of drug-likeness (QED) is 0.336. The number of allylic oxidation sites excluding steroid dienone is 1. The molecule has 0 radical (unpaired) electrons. The summed E-state index contributed by atoms with van der Waals surface area (Å²) in [6.45, 7) is 1.65. The van der Waals surface area contributed by atoms with E-state index in [1.165, 1.54) is 30.3 Å². The number of carbonyl (C=O) groups is 2. The molecule has 1 aliphatic rings. The van der Waals surface area contributed by atoms with E-state index in [-0.39, 0.29) is 39.0 Å². The van der Waals surface area contributed by atoms with E-state index < -0.39 is 28.0 Å². The molecule has 0 saturated heterocycles. The van der Waals surface area contributed by atoms with Crippen LogP contribution in [0.4, 0.5) is 5.69 Å². The number of esters is 2.